The molecule has 0 saturated heterocycles. The first-order valence-corrected chi connectivity index (χ1v) is 4.13. The van der Waals surface area contributed by atoms with Gasteiger partial charge in [0.1, 0.15) is 0 Å². The van der Waals surface area contributed by atoms with Crippen LogP contribution in [-0.4, -0.2) is 4.98 Å². The van der Waals surface area contributed by atoms with E-state index < -0.39 is 11.7 Å². The van der Waals surface area contributed by atoms with Crippen LogP contribution in [0, 0.1) is 0 Å². The summed E-state index contributed by atoms with van der Waals surface area (Å²) in [5.41, 5.74) is -0.335. The van der Waals surface area contributed by atoms with Crippen molar-refractivity contribution in [1.82, 2.24) is 4.98 Å². The number of benzene rings is 1. The first-order valence-electron chi connectivity index (χ1n) is 4.13. The molecule has 1 aromatic heterocycles. The summed E-state index contributed by atoms with van der Waals surface area (Å²) in [4.78, 5) is 3.64. The van der Waals surface area contributed by atoms with Gasteiger partial charge in [-0.15, -0.1) is 0 Å². The van der Waals surface area contributed by atoms with Crippen molar-refractivity contribution in [3.8, 4) is 11.3 Å². The van der Waals surface area contributed by atoms with Gasteiger partial charge in [-0.1, -0.05) is 12.1 Å². The van der Waals surface area contributed by atoms with Crippen molar-refractivity contribution in [3.05, 3.63) is 42.4 Å². The minimum Gasteiger partial charge on any atom is -0.444 e. The van der Waals surface area contributed by atoms with Crippen molar-refractivity contribution in [2.24, 2.45) is 0 Å². The molecule has 2 rings (SSSR count). The molecular weight excluding hydrogens is 207 g/mol. The van der Waals surface area contributed by atoms with E-state index >= 15 is 0 Å². The fourth-order valence-electron chi connectivity index (χ4n) is 1.21. The van der Waals surface area contributed by atoms with Crippen LogP contribution >= 0.6 is 0 Å². The Kier molecular flexibility index (Phi) is 2.22. The molecule has 78 valence electrons. The van der Waals surface area contributed by atoms with Crippen LogP contribution < -0.4 is 0 Å². The average Bonchev–Trinajstić information content (AvgIpc) is 2.69. The van der Waals surface area contributed by atoms with Gasteiger partial charge in [0.2, 0.25) is 0 Å². The summed E-state index contributed by atoms with van der Waals surface area (Å²) in [6.45, 7) is 0. The molecule has 1 aromatic carbocycles. The molecule has 1 heterocycles. The molecule has 0 saturated carbocycles. The second-order valence-corrected chi connectivity index (χ2v) is 2.94. The SMILES string of the molecule is FC(F)(F)c1cccc(-c2cnco2)c1. The molecule has 0 radical (unpaired) electrons. The highest BCUT2D eigenvalue weighted by atomic mass is 19.4. The molecule has 0 fully saturated rings. The lowest BCUT2D eigenvalue weighted by molar-refractivity contribution is -0.137. The largest absolute Gasteiger partial charge is 0.444 e. The molecule has 0 unspecified atom stereocenters. The fourth-order valence-corrected chi connectivity index (χ4v) is 1.21. The molecule has 0 atom stereocenters. The number of alkyl halides is 3. The van der Waals surface area contributed by atoms with Crippen molar-refractivity contribution in [1.29, 1.82) is 0 Å². The van der Waals surface area contributed by atoms with Crippen molar-refractivity contribution in [2.75, 3.05) is 0 Å². The molecule has 5 heteroatoms. The maximum absolute atomic E-state index is 12.4. The highest BCUT2D eigenvalue weighted by molar-refractivity contribution is 5.57. The van der Waals surface area contributed by atoms with E-state index in [1.165, 1.54) is 24.7 Å². The van der Waals surface area contributed by atoms with E-state index in [1.54, 1.807) is 0 Å². The number of nitrogens with zero attached hydrogens (tertiary/aromatic N) is 1. The summed E-state index contributed by atoms with van der Waals surface area (Å²) >= 11 is 0. The third-order valence-corrected chi connectivity index (χ3v) is 1.91. The van der Waals surface area contributed by atoms with Gasteiger partial charge in [0.05, 0.1) is 11.8 Å². The number of aromatic nitrogens is 1. The van der Waals surface area contributed by atoms with Gasteiger partial charge in [-0.05, 0) is 12.1 Å². The van der Waals surface area contributed by atoms with Gasteiger partial charge in [-0.25, -0.2) is 4.98 Å². The second-order valence-electron chi connectivity index (χ2n) is 2.94. The highest BCUT2D eigenvalue weighted by Crippen LogP contribution is 2.31. The van der Waals surface area contributed by atoms with Crippen molar-refractivity contribution in [2.45, 2.75) is 6.18 Å². The van der Waals surface area contributed by atoms with Gasteiger partial charge in [-0.2, -0.15) is 13.2 Å². The summed E-state index contributed by atoms with van der Waals surface area (Å²) in [5, 5.41) is 0. The quantitative estimate of drug-likeness (QED) is 0.725. The normalized spacial score (nSPS) is 11.7. The van der Waals surface area contributed by atoms with Gasteiger partial charge in [0, 0.05) is 5.56 Å². The average molecular weight is 213 g/mol. The van der Waals surface area contributed by atoms with Crippen LogP contribution in [-0.2, 0) is 6.18 Å². The Bertz CT molecular complexity index is 448. The van der Waals surface area contributed by atoms with Crippen LogP contribution in [0.3, 0.4) is 0 Å². The Labute approximate surface area is 83.4 Å². The van der Waals surface area contributed by atoms with Crippen LogP contribution in [0.1, 0.15) is 5.56 Å². The third-order valence-electron chi connectivity index (χ3n) is 1.91. The Morgan fingerprint density at radius 1 is 1.20 bits per heavy atom. The third kappa shape index (κ3) is 2.01. The minimum absolute atomic E-state index is 0.320. The molecule has 0 N–H and O–H groups in total. The van der Waals surface area contributed by atoms with Gasteiger partial charge < -0.3 is 4.42 Å². The Balaban J connectivity index is 2.44. The molecule has 2 nitrogen and oxygen atoms in total. The van der Waals surface area contributed by atoms with E-state index in [0.717, 1.165) is 12.1 Å². The van der Waals surface area contributed by atoms with Crippen molar-refractivity contribution >= 4 is 0 Å². The molecule has 0 aliphatic carbocycles. The Morgan fingerprint density at radius 2 is 2.00 bits per heavy atom. The summed E-state index contributed by atoms with van der Waals surface area (Å²) in [6, 6.07) is 4.91. The lowest BCUT2D eigenvalue weighted by atomic mass is 10.1. The zero-order valence-electron chi connectivity index (χ0n) is 7.45. The second kappa shape index (κ2) is 3.42. The topological polar surface area (TPSA) is 26.0 Å². The van der Waals surface area contributed by atoms with Crippen molar-refractivity contribution in [3.63, 3.8) is 0 Å². The van der Waals surface area contributed by atoms with Crippen LogP contribution in [0.25, 0.3) is 11.3 Å². The van der Waals surface area contributed by atoms with Gasteiger partial charge in [0.15, 0.2) is 12.2 Å². The van der Waals surface area contributed by atoms with E-state index in [4.69, 9.17) is 4.42 Å². The Morgan fingerprint density at radius 3 is 2.60 bits per heavy atom. The Hall–Kier alpha value is -1.78. The van der Waals surface area contributed by atoms with Crippen LogP contribution in [0.4, 0.5) is 13.2 Å². The van der Waals surface area contributed by atoms with E-state index in [0.29, 0.717) is 11.3 Å². The lowest BCUT2D eigenvalue weighted by Gasteiger charge is -2.06. The number of hydrogen-bond acceptors (Lipinski definition) is 2. The standard InChI is InChI=1S/C10H6F3NO/c11-10(12,13)8-3-1-2-7(4-8)9-5-14-6-15-9/h1-6H. The summed E-state index contributed by atoms with van der Waals surface area (Å²) in [6.07, 6.45) is -1.79. The molecule has 0 spiro atoms. The number of hydrogen-bond donors (Lipinski definition) is 0. The molecule has 15 heavy (non-hydrogen) atoms. The summed E-state index contributed by atoms with van der Waals surface area (Å²) in [7, 11) is 0. The van der Waals surface area contributed by atoms with Crippen LogP contribution in [0.15, 0.2) is 41.3 Å². The predicted molar refractivity (Wildman–Crippen MR) is 46.9 cm³/mol. The summed E-state index contributed by atoms with van der Waals surface area (Å²) < 4.78 is 42.0. The predicted octanol–water partition coefficient (Wildman–Crippen LogP) is 3.36. The molecule has 0 aliphatic rings. The molecule has 0 amide bonds. The first kappa shape index (κ1) is 9.76. The monoisotopic (exact) mass is 213 g/mol. The lowest BCUT2D eigenvalue weighted by Crippen LogP contribution is -2.04. The first-order chi connectivity index (χ1) is 7.07. The number of halogens is 3. The smallest absolute Gasteiger partial charge is 0.416 e. The zero-order chi connectivity index (χ0) is 10.9. The van der Waals surface area contributed by atoms with Crippen LogP contribution in [0.5, 0.6) is 0 Å². The van der Waals surface area contributed by atoms with E-state index in [-0.39, 0.29) is 0 Å². The van der Waals surface area contributed by atoms with Gasteiger partial charge in [-0.3, -0.25) is 0 Å². The molecule has 0 aliphatic heterocycles. The van der Waals surface area contributed by atoms with E-state index in [2.05, 4.69) is 4.98 Å². The summed E-state index contributed by atoms with van der Waals surface area (Å²) in [5.74, 6) is 0.320. The fraction of sp³-hybridized carbons (Fsp3) is 0.100. The number of rotatable bonds is 1. The molecule has 2 aromatic rings. The maximum atomic E-state index is 12.4. The molecule has 0 bridgehead atoms. The minimum atomic E-state index is -4.34. The van der Waals surface area contributed by atoms with E-state index in [9.17, 15) is 13.2 Å². The van der Waals surface area contributed by atoms with Crippen molar-refractivity contribution < 1.29 is 17.6 Å². The van der Waals surface area contributed by atoms with E-state index in [1.807, 2.05) is 0 Å². The van der Waals surface area contributed by atoms with Gasteiger partial charge in [0.25, 0.3) is 0 Å². The number of oxazole rings is 1. The maximum Gasteiger partial charge on any atom is 0.416 e. The molecular formula is C10H6F3NO. The van der Waals surface area contributed by atoms with Gasteiger partial charge >= 0.3 is 6.18 Å². The highest BCUT2D eigenvalue weighted by Gasteiger charge is 2.30. The zero-order valence-corrected chi connectivity index (χ0v) is 7.45. The van der Waals surface area contributed by atoms with Crippen LogP contribution in [0.2, 0.25) is 0 Å².